The predicted octanol–water partition coefficient (Wildman–Crippen LogP) is 11.4. The van der Waals surface area contributed by atoms with Crippen LogP contribution in [0.25, 0.3) is 65.8 Å². The van der Waals surface area contributed by atoms with Gasteiger partial charge in [0.05, 0.1) is 6.54 Å². The van der Waals surface area contributed by atoms with Crippen LogP contribution in [0.4, 0.5) is 0 Å². The van der Waals surface area contributed by atoms with Gasteiger partial charge >= 0.3 is 0 Å². The van der Waals surface area contributed by atoms with Crippen molar-refractivity contribution in [3.8, 4) is 11.1 Å². The molecular formula is C44H29N3O2. The average Bonchev–Trinajstić information content (AvgIpc) is 3.73. The molecule has 0 amide bonds. The lowest BCUT2D eigenvalue weighted by Gasteiger charge is -2.08. The zero-order chi connectivity index (χ0) is 32.7. The summed E-state index contributed by atoms with van der Waals surface area (Å²) in [5.41, 5.74) is 8.30. The molecule has 0 unspecified atom stereocenters. The smallest absolute Gasteiger partial charge is 0.161 e. The van der Waals surface area contributed by atoms with E-state index in [1.165, 1.54) is 0 Å². The number of furan rings is 2. The quantitative estimate of drug-likeness (QED) is 0.140. The van der Waals surface area contributed by atoms with Crippen LogP contribution < -0.4 is 0 Å². The molecule has 0 aliphatic heterocycles. The van der Waals surface area contributed by atoms with Gasteiger partial charge in [-0.15, -0.1) is 0 Å². The minimum Gasteiger partial charge on any atom is -0.456 e. The number of amidine groups is 2. The van der Waals surface area contributed by atoms with Gasteiger partial charge in [0.15, 0.2) is 11.7 Å². The summed E-state index contributed by atoms with van der Waals surface area (Å²) >= 11 is 0. The normalized spacial score (nSPS) is 12.5. The Hall–Kier alpha value is -6.59. The highest BCUT2D eigenvalue weighted by Gasteiger charge is 2.17. The largest absolute Gasteiger partial charge is 0.456 e. The molecule has 232 valence electrons. The topological polar surface area (TPSA) is 63.4 Å². The molecule has 0 radical (unpaired) electrons. The maximum Gasteiger partial charge on any atom is 0.161 e. The van der Waals surface area contributed by atoms with Gasteiger partial charge in [-0.3, -0.25) is 4.99 Å². The van der Waals surface area contributed by atoms with Gasteiger partial charge in [0.2, 0.25) is 0 Å². The minimum absolute atomic E-state index is 0.477. The molecule has 5 heteroatoms. The molecule has 2 heterocycles. The predicted molar refractivity (Wildman–Crippen MR) is 203 cm³/mol. The molecule has 0 aliphatic rings. The number of nitrogens with zero attached hydrogens (tertiary/aromatic N) is 3. The fourth-order valence-electron chi connectivity index (χ4n) is 6.65. The van der Waals surface area contributed by atoms with E-state index >= 15 is 0 Å². The summed E-state index contributed by atoms with van der Waals surface area (Å²) in [6.45, 7) is 4.44. The summed E-state index contributed by atoms with van der Waals surface area (Å²) in [5, 5.41) is 6.38. The molecule has 0 saturated heterocycles. The Kier molecular flexibility index (Phi) is 6.95. The zero-order valence-corrected chi connectivity index (χ0v) is 26.5. The van der Waals surface area contributed by atoms with Gasteiger partial charge in [0.25, 0.3) is 0 Å². The van der Waals surface area contributed by atoms with Gasteiger partial charge in [-0.2, -0.15) is 0 Å². The third-order valence-electron chi connectivity index (χ3n) is 9.07. The SMILES string of the molecule is C=N/C(=N\C(=N/Cc1ccccc1)c1ccc2ccccc2c1)c1cccc2oc3ccc(-c4ccc5oc6ccccc6c5c4)cc3c12. The Morgan fingerprint density at radius 3 is 2.02 bits per heavy atom. The number of hydrogen-bond acceptors (Lipinski definition) is 3. The third kappa shape index (κ3) is 5.18. The van der Waals surface area contributed by atoms with Crippen LogP contribution in [-0.4, -0.2) is 18.4 Å². The highest BCUT2D eigenvalue weighted by Crippen LogP contribution is 2.37. The van der Waals surface area contributed by atoms with Gasteiger partial charge in [0.1, 0.15) is 22.3 Å². The van der Waals surface area contributed by atoms with E-state index in [2.05, 4.69) is 84.5 Å². The molecule has 9 aromatic rings. The van der Waals surface area contributed by atoms with E-state index in [1.807, 2.05) is 78.9 Å². The summed E-state index contributed by atoms with van der Waals surface area (Å²) in [6, 6.07) is 51.6. The molecule has 0 bridgehead atoms. The van der Waals surface area contributed by atoms with Crippen molar-refractivity contribution in [3.05, 3.63) is 168 Å². The maximum absolute atomic E-state index is 6.37. The standard InChI is InChI=1S/C44H29N3O2/c1-45-44(47-43(46-27-28-10-3-2-4-11-28)33-19-18-29-12-5-6-13-30(29)24-33)35-15-9-17-41-42(35)37-26-32(21-23-40(37)49-41)31-20-22-39-36(25-31)34-14-7-8-16-38(34)48-39/h2-26H,1,27H2/b46-43-,47-44-. The van der Waals surface area contributed by atoms with Crippen molar-refractivity contribution in [2.24, 2.45) is 15.0 Å². The Bertz CT molecular complexity index is 2770. The van der Waals surface area contributed by atoms with Crippen molar-refractivity contribution in [3.63, 3.8) is 0 Å². The highest BCUT2D eigenvalue weighted by atomic mass is 16.3. The van der Waals surface area contributed by atoms with E-state index < -0.39 is 0 Å². The Balaban J connectivity index is 1.19. The lowest BCUT2D eigenvalue weighted by Crippen LogP contribution is -2.06. The van der Waals surface area contributed by atoms with Crippen LogP contribution in [0.3, 0.4) is 0 Å². The lowest BCUT2D eigenvalue weighted by molar-refractivity contribution is 0.668. The van der Waals surface area contributed by atoms with Gasteiger partial charge < -0.3 is 8.83 Å². The number of benzene rings is 7. The van der Waals surface area contributed by atoms with Crippen molar-refractivity contribution in [2.75, 3.05) is 0 Å². The molecule has 0 atom stereocenters. The summed E-state index contributed by atoms with van der Waals surface area (Å²) < 4.78 is 12.5. The molecule has 5 nitrogen and oxygen atoms in total. The van der Waals surface area contributed by atoms with Crippen molar-refractivity contribution >= 4 is 73.0 Å². The van der Waals surface area contributed by atoms with E-state index in [4.69, 9.17) is 18.8 Å². The zero-order valence-electron chi connectivity index (χ0n) is 26.5. The molecule has 7 aromatic carbocycles. The first kappa shape index (κ1) is 28.6. The first-order valence-electron chi connectivity index (χ1n) is 16.2. The summed E-state index contributed by atoms with van der Waals surface area (Å²) in [5.74, 6) is 1.06. The molecule has 0 fully saturated rings. The van der Waals surface area contributed by atoms with Crippen molar-refractivity contribution in [1.82, 2.24) is 0 Å². The van der Waals surface area contributed by atoms with Gasteiger partial charge in [-0.05, 0) is 76.6 Å². The number of para-hydroxylation sites is 1. The second kappa shape index (κ2) is 11.9. The first-order chi connectivity index (χ1) is 24.2. The number of hydrogen-bond donors (Lipinski definition) is 0. The van der Waals surface area contributed by atoms with Crippen LogP contribution in [0.1, 0.15) is 16.7 Å². The Morgan fingerprint density at radius 2 is 1.18 bits per heavy atom. The van der Waals surface area contributed by atoms with E-state index in [0.717, 1.165) is 82.5 Å². The second-order valence-corrected chi connectivity index (χ2v) is 12.1. The number of aliphatic imine (C=N–C) groups is 3. The van der Waals surface area contributed by atoms with E-state index in [-0.39, 0.29) is 0 Å². The monoisotopic (exact) mass is 631 g/mol. The van der Waals surface area contributed by atoms with Crippen molar-refractivity contribution in [2.45, 2.75) is 6.54 Å². The van der Waals surface area contributed by atoms with Crippen molar-refractivity contribution in [1.29, 1.82) is 0 Å². The van der Waals surface area contributed by atoms with E-state index in [0.29, 0.717) is 18.2 Å². The van der Waals surface area contributed by atoms with E-state index in [1.54, 1.807) is 0 Å². The van der Waals surface area contributed by atoms with Crippen LogP contribution in [0.5, 0.6) is 0 Å². The first-order valence-corrected chi connectivity index (χ1v) is 16.2. The molecule has 0 spiro atoms. The fraction of sp³-hybridized carbons (Fsp3) is 0.0227. The van der Waals surface area contributed by atoms with Crippen LogP contribution in [0.2, 0.25) is 0 Å². The highest BCUT2D eigenvalue weighted by molar-refractivity contribution is 6.22. The lowest BCUT2D eigenvalue weighted by atomic mass is 9.99. The molecule has 2 aromatic heterocycles. The third-order valence-corrected chi connectivity index (χ3v) is 9.07. The summed E-state index contributed by atoms with van der Waals surface area (Å²) in [7, 11) is 0. The molecule has 9 rings (SSSR count). The van der Waals surface area contributed by atoms with Crippen molar-refractivity contribution < 1.29 is 8.83 Å². The molecular weight excluding hydrogens is 603 g/mol. The summed E-state index contributed by atoms with van der Waals surface area (Å²) in [6.07, 6.45) is 0. The van der Waals surface area contributed by atoms with E-state index in [9.17, 15) is 0 Å². The molecule has 0 aliphatic carbocycles. The summed E-state index contributed by atoms with van der Waals surface area (Å²) in [4.78, 5) is 14.6. The average molecular weight is 632 g/mol. The molecule has 0 N–H and O–H groups in total. The van der Waals surface area contributed by atoms with Crippen LogP contribution in [0, 0.1) is 0 Å². The van der Waals surface area contributed by atoms with Gasteiger partial charge in [-0.1, -0.05) is 109 Å². The molecule has 49 heavy (non-hydrogen) atoms. The Morgan fingerprint density at radius 1 is 0.510 bits per heavy atom. The number of fused-ring (bicyclic) bond motifs is 7. The number of rotatable bonds is 5. The fourth-order valence-corrected chi connectivity index (χ4v) is 6.65. The van der Waals surface area contributed by atoms with Crippen LogP contribution in [-0.2, 0) is 6.54 Å². The van der Waals surface area contributed by atoms with Gasteiger partial charge in [-0.25, -0.2) is 9.98 Å². The van der Waals surface area contributed by atoms with Crippen LogP contribution >= 0.6 is 0 Å². The molecule has 0 saturated carbocycles. The Labute approximate surface area is 282 Å². The van der Waals surface area contributed by atoms with Gasteiger partial charge in [0, 0.05) is 32.7 Å². The maximum atomic E-state index is 6.37. The minimum atomic E-state index is 0.477. The second-order valence-electron chi connectivity index (χ2n) is 12.1. The van der Waals surface area contributed by atoms with Crippen LogP contribution in [0.15, 0.2) is 175 Å².